The van der Waals surface area contributed by atoms with Crippen molar-refractivity contribution < 1.29 is 9.53 Å². The van der Waals surface area contributed by atoms with Crippen LogP contribution in [-0.2, 0) is 9.53 Å². The number of hydrogen-bond donors (Lipinski definition) is 0. The Hall–Kier alpha value is -1.38. The van der Waals surface area contributed by atoms with Gasteiger partial charge in [0.2, 0.25) is 0 Å². The first-order valence-corrected chi connectivity index (χ1v) is 4.84. The second kappa shape index (κ2) is 5.37. The summed E-state index contributed by atoms with van der Waals surface area (Å²) >= 11 is 0. The topological polar surface area (TPSA) is 39.2 Å². The van der Waals surface area contributed by atoms with Crippen LogP contribution in [0.3, 0.4) is 0 Å². The zero-order valence-corrected chi connectivity index (χ0v) is 8.56. The third-order valence-corrected chi connectivity index (χ3v) is 1.87. The van der Waals surface area contributed by atoms with Gasteiger partial charge in [0.05, 0.1) is 5.69 Å². The second-order valence-electron chi connectivity index (χ2n) is 3.14. The Morgan fingerprint density at radius 2 is 2.36 bits per heavy atom. The number of ether oxygens (including phenoxy) is 1. The van der Waals surface area contributed by atoms with Crippen molar-refractivity contribution in [2.75, 3.05) is 0 Å². The summed E-state index contributed by atoms with van der Waals surface area (Å²) in [6.45, 7) is 3.78. The Kier molecular flexibility index (Phi) is 4.11. The minimum absolute atomic E-state index is 0.161. The first-order valence-electron chi connectivity index (χ1n) is 4.84. The van der Waals surface area contributed by atoms with E-state index in [2.05, 4.69) is 4.98 Å². The molecule has 0 fully saturated rings. The zero-order chi connectivity index (χ0) is 10.4. The van der Waals surface area contributed by atoms with Gasteiger partial charge in [-0.2, -0.15) is 0 Å². The first kappa shape index (κ1) is 10.7. The van der Waals surface area contributed by atoms with E-state index in [1.54, 1.807) is 6.20 Å². The van der Waals surface area contributed by atoms with Gasteiger partial charge in [-0.25, -0.2) is 0 Å². The molecule has 0 aliphatic carbocycles. The molecule has 1 aromatic rings. The molecule has 1 atom stereocenters. The highest BCUT2D eigenvalue weighted by Crippen LogP contribution is 2.14. The molecule has 0 spiro atoms. The van der Waals surface area contributed by atoms with Crippen LogP contribution in [0.1, 0.15) is 38.5 Å². The molecule has 0 aromatic carbocycles. The molecule has 0 amide bonds. The van der Waals surface area contributed by atoms with E-state index in [4.69, 9.17) is 4.74 Å². The maximum Gasteiger partial charge on any atom is 0.306 e. The van der Waals surface area contributed by atoms with Crippen molar-refractivity contribution in [2.45, 2.75) is 32.8 Å². The Labute approximate surface area is 84.1 Å². The van der Waals surface area contributed by atoms with Crippen LogP contribution in [0.2, 0.25) is 0 Å². The van der Waals surface area contributed by atoms with Crippen molar-refractivity contribution in [3.63, 3.8) is 0 Å². The van der Waals surface area contributed by atoms with Crippen LogP contribution >= 0.6 is 0 Å². The monoisotopic (exact) mass is 193 g/mol. The fourth-order valence-corrected chi connectivity index (χ4v) is 1.14. The van der Waals surface area contributed by atoms with Crippen LogP contribution in [0.15, 0.2) is 24.4 Å². The molecule has 0 bridgehead atoms. The SMILES string of the molecule is CCCC(=O)OC(C)c1ccccn1. The maximum atomic E-state index is 11.2. The Bertz CT molecular complexity index is 285. The molecule has 1 unspecified atom stereocenters. The molecule has 0 aliphatic rings. The molecular weight excluding hydrogens is 178 g/mol. The van der Waals surface area contributed by atoms with E-state index in [9.17, 15) is 4.79 Å². The predicted octanol–water partition coefficient (Wildman–Crippen LogP) is 2.49. The van der Waals surface area contributed by atoms with Crippen LogP contribution in [0.25, 0.3) is 0 Å². The number of carbonyl (C=O) groups is 1. The number of aromatic nitrogens is 1. The van der Waals surface area contributed by atoms with Crippen molar-refractivity contribution in [3.05, 3.63) is 30.1 Å². The minimum Gasteiger partial charge on any atom is -0.456 e. The zero-order valence-electron chi connectivity index (χ0n) is 8.56. The van der Waals surface area contributed by atoms with Crippen molar-refractivity contribution in [1.29, 1.82) is 0 Å². The molecule has 0 saturated carbocycles. The largest absolute Gasteiger partial charge is 0.456 e. The summed E-state index contributed by atoms with van der Waals surface area (Å²) in [5.41, 5.74) is 0.789. The summed E-state index contributed by atoms with van der Waals surface area (Å²) in [4.78, 5) is 15.3. The molecule has 3 nitrogen and oxygen atoms in total. The van der Waals surface area contributed by atoms with Gasteiger partial charge in [-0.05, 0) is 25.5 Å². The summed E-state index contributed by atoms with van der Waals surface area (Å²) in [5.74, 6) is -0.161. The van der Waals surface area contributed by atoms with E-state index in [0.717, 1.165) is 12.1 Å². The highest BCUT2D eigenvalue weighted by atomic mass is 16.5. The Morgan fingerprint density at radius 3 is 2.93 bits per heavy atom. The molecule has 3 heteroatoms. The Balaban J connectivity index is 2.50. The van der Waals surface area contributed by atoms with E-state index >= 15 is 0 Å². The number of pyridine rings is 1. The van der Waals surface area contributed by atoms with E-state index < -0.39 is 0 Å². The summed E-state index contributed by atoms with van der Waals surface area (Å²) < 4.78 is 5.18. The third-order valence-electron chi connectivity index (χ3n) is 1.87. The average molecular weight is 193 g/mol. The molecule has 0 saturated heterocycles. The summed E-state index contributed by atoms with van der Waals surface area (Å²) in [7, 11) is 0. The van der Waals surface area contributed by atoms with Crippen LogP contribution in [0.4, 0.5) is 0 Å². The molecule has 0 N–H and O–H groups in total. The number of hydrogen-bond acceptors (Lipinski definition) is 3. The molecule has 1 heterocycles. The fraction of sp³-hybridized carbons (Fsp3) is 0.455. The standard InChI is InChI=1S/C11H15NO2/c1-3-6-11(13)14-9(2)10-7-4-5-8-12-10/h4-5,7-9H,3,6H2,1-2H3. The van der Waals surface area contributed by atoms with E-state index in [0.29, 0.717) is 6.42 Å². The lowest BCUT2D eigenvalue weighted by Crippen LogP contribution is -2.09. The number of rotatable bonds is 4. The van der Waals surface area contributed by atoms with Gasteiger partial charge in [-0.3, -0.25) is 9.78 Å². The number of esters is 1. The van der Waals surface area contributed by atoms with Gasteiger partial charge in [0.25, 0.3) is 0 Å². The average Bonchev–Trinajstić information content (AvgIpc) is 2.19. The smallest absolute Gasteiger partial charge is 0.306 e. The highest BCUT2D eigenvalue weighted by molar-refractivity contribution is 5.69. The summed E-state index contributed by atoms with van der Waals surface area (Å²) in [6.07, 6.45) is 2.72. The lowest BCUT2D eigenvalue weighted by molar-refractivity contribution is -0.148. The second-order valence-corrected chi connectivity index (χ2v) is 3.14. The molecule has 76 valence electrons. The quantitative estimate of drug-likeness (QED) is 0.689. The molecule has 0 aliphatic heterocycles. The molecule has 0 radical (unpaired) electrons. The lowest BCUT2D eigenvalue weighted by Gasteiger charge is -2.11. The molecule has 1 rings (SSSR count). The van der Waals surface area contributed by atoms with Crippen molar-refractivity contribution in [1.82, 2.24) is 4.98 Å². The van der Waals surface area contributed by atoms with Crippen LogP contribution < -0.4 is 0 Å². The van der Waals surface area contributed by atoms with Crippen molar-refractivity contribution in [3.8, 4) is 0 Å². The number of carbonyl (C=O) groups excluding carboxylic acids is 1. The van der Waals surface area contributed by atoms with Gasteiger partial charge in [0, 0.05) is 12.6 Å². The van der Waals surface area contributed by atoms with Gasteiger partial charge in [0.15, 0.2) is 0 Å². The van der Waals surface area contributed by atoms with Crippen LogP contribution in [0.5, 0.6) is 0 Å². The summed E-state index contributed by atoms with van der Waals surface area (Å²) in [6, 6.07) is 5.57. The summed E-state index contributed by atoms with van der Waals surface area (Å²) in [5, 5.41) is 0. The van der Waals surface area contributed by atoms with Gasteiger partial charge < -0.3 is 4.74 Å². The minimum atomic E-state index is -0.254. The van der Waals surface area contributed by atoms with Gasteiger partial charge in [0.1, 0.15) is 6.10 Å². The molecule has 14 heavy (non-hydrogen) atoms. The van der Waals surface area contributed by atoms with Gasteiger partial charge in [-0.1, -0.05) is 13.0 Å². The molecular formula is C11H15NO2. The van der Waals surface area contributed by atoms with E-state index in [-0.39, 0.29) is 12.1 Å². The van der Waals surface area contributed by atoms with Crippen LogP contribution in [-0.4, -0.2) is 11.0 Å². The van der Waals surface area contributed by atoms with Crippen molar-refractivity contribution in [2.24, 2.45) is 0 Å². The third kappa shape index (κ3) is 3.17. The van der Waals surface area contributed by atoms with Gasteiger partial charge >= 0.3 is 5.97 Å². The van der Waals surface area contributed by atoms with Crippen molar-refractivity contribution >= 4 is 5.97 Å². The fourth-order valence-electron chi connectivity index (χ4n) is 1.14. The maximum absolute atomic E-state index is 11.2. The highest BCUT2D eigenvalue weighted by Gasteiger charge is 2.10. The van der Waals surface area contributed by atoms with Gasteiger partial charge in [-0.15, -0.1) is 0 Å². The predicted molar refractivity (Wildman–Crippen MR) is 53.7 cm³/mol. The number of nitrogens with zero attached hydrogens (tertiary/aromatic N) is 1. The van der Waals surface area contributed by atoms with E-state index in [1.165, 1.54) is 0 Å². The van der Waals surface area contributed by atoms with E-state index in [1.807, 2.05) is 32.0 Å². The lowest BCUT2D eigenvalue weighted by atomic mass is 10.2. The Morgan fingerprint density at radius 1 is 1.57 bits per heavy atom. The normalized spacial score (nSPS) is 12.1. The molecule has 1 aromatic heterocycles. The first-order chi connectivity index (χ1) is 6.74. The van der Waals surface area contributed by atoms with Crippen LogP contribution in [0, 0.1) is 0 Å².